The fourth-order valence-electron chi connectivity index (χ4n) is 2.08. The van der Waals surface area contributed by atoms with Gasteiger partial charge in [0.1, 0.15) is 0 Å². The molecule has 0 spiro atoms. The first-order chi connectivity index (χ1) is 8.91. The molecular formula is C14H10Br2O3S. The molecule has 1 aliphatic heterocycles. The topological polar surface area (TPSA) is 51.2 Å². The number of benzene rings is 2. The van der Waals surface area contributed by atoms with Crippen molar-refractivity contribution >= 4 is 47.5 Å². The summed E-state index contributed by atoms with van der Waals surface area (Å²) in [6, 6.07) is 9.27. The largest absolute Gasteiger partial charge is 0.289 e. The SMILES string of the molecule is C.O=C1c2cc(Br)ccc2S(=O)(=O)c2cc(Br)ccc21. The molecule has 0 N–H and O–H groups in total. The van der Waals surface area contributed by atoms with Gasteiger partial charge in [0.25, 0.3) is 0 Å². The van der Waals surface area contributed by atoms with Gasteiger partial charge in [0.2, 0.25) is 9.84 Å². The molecule has 0 unspecified atom stereocenters. The molecule has 0 bridgehead atoms. The lowest BCUT2D eigenvalue weighted by molar-refractivity contribution is 0.103. The van der Waals surface area contributed by atoms with E-state index < -0.39 is 9.84 Å². The zero-order chi connectivity index (χ0) is 13.8. The smallest absolute Gasteiger partial charge is 0.208 e. The number of halogens is 2. The second kappa shape index (κ2) is 5.09. The van der Waals surface area contributed by atoms with Crippen molar-refractivity contribution in [3.63, 3.8) is 0 Å². The van der Waals surface area contributed by atoms with E-state index in [0.29, 0.717) is 8.95 Å². The standard InChI is InChI=1S/C13H6Br2O3S.CH4/c14-7-2-4-11-10(5-7)13(16)9-3-1-8(15)6-12(9)19(11,17)18;/h1-6H;1H4. The molecule has 0 radical (unpaired) electrons. The van der Waals surface area contributed by atoms with E-state index in [9.17, 15) is 13.2 Å². The Labute approximate surface area is 134 Å². The average molecular weight is 418 g/mol. The number of carbonyl (C=O) groups excluding carboxylic acids is 1. The minimum Gasteiger partial charge on any atom is -0.289 e. The molecule has 0 saturated carbocycles. The molecule has 104 valence electrons. The summed E-state index contributed by atoms with van der Waals surface area (Å²) in [5.41, 5.74) is 0.429. The van der Waals surface area contributed by atoms with Crippen molar-refractivity contribution in [3.05, 3.63) is 56.5 Å². The quantitative estimate of drug-likeness (QED) is 0.550. The molecule has 2 aromatic carbocycles. The van der Waals surface area contributed by atoms with E-state index in [1.54, 1.807) is 18.2 Å². The molecule has 0 fully saturated rings. The molecule has 20 heavy (non-hydrogen) atoms. The van der Waals surface area contributed by atoms with Crippen LogP contribution in [0.2, 0.25) is 0 Å². The van der Waals surface area contributed by atoms with Crippen LogP contribution in [0.4, 0.5) is 0 Å². The summed E-state index contributed by atoms with van der Waals surface area (Å²) in [6.07, 6.45) is 0. The number of sulfone groups is 1. The number of hydrogen-bond donors (Lipinski definition) is 0. The number of carbonyl (C=O) groups is 1. The first-order valence-electron chi connectivity index (χ1n) is 5.30. The van der Waals surface area contributed by atoms with E-state index in [0.717, 1.165) is 0 Å². The van der Waals surface area contributed by atoms with Gasteiger partial charge in [-0.1, -0.05) is 39.3 Å². The van der Waals surface area contributed by atoms with Crippen molar-refractivity contribution in [2.45, 2.75) is 17.2 Å². The minimum absolute atomic E-state index is 0. The number of hydrogen-bond acceptors (Lipinski definition) is 3. The van der Waals surface area contributed by atoms with Crippen LogP contribution >= 0.6 is 31.9 Å². The third-order valence-corrected chi connectivity index (χ3v) is 5.79. The van der Waals surface area contributed by atoms with E-state index in [-0.39, 0.29) is 34.1 Å². The van der Waals surface area contributed by atoms with Gasteiger partial charge in [-0.15, -0.1) is 0 Å². The van der Waals surface area contributed by atoms with Gasteiger partial charge in [-0.25, -0.2) is 8.42 Å². The predicted molar refractivity (Wildman–Crippen MR) is 83.9 cm³/mol. The Hall–Kier alpha value is -0.980. The third-order valence-electron chi connectivity index (χ3n) is 2.95. The van der Waals surface area contributed by atoms with E-state index in [1.807, 2.05) is 0 Å². The monoisotopic (exact) mass is 416 g/mol. The fraction of sp³-hybridized carbons (Fsp3) is 0.0714. The van der Waals surface area contributed by atoms with Crippen molar-refractivity contribution in [3.8, 4) is 0 Å². The molecule has 0 amide bonds. The Morgan fingerprint density at radius 3 is 2.10 bits per heavy atom. The molecule has 6 heteroatoms. The number of ketones is 1. The summed E-state index contributed by atoms with van der Waals surface area (Å²) in [4.78, 5) is 12.5. The zero-order valence-corrected chi connectivity index (χ0v) is 13.3. The van der Waals surface area contributed by atoms with Gasteiger partial charge in [-0.05, 0) is 36.4 Å². The Morgan fingerprint density at radius 2 is 1.40 bits per heavy atom. The van der Waals surface area contributed by atoms with Crippen LogP contribution in [0.25, 0.3) is 0 Å². The Kier molecular flexibility index (Phi) is 3.92. The van der Waals surface area contributed by atoms with E-state index >= 15 is 0 Å². The van der Waals surface area contributed by atoms with Gasteiger partial charge in [0.05, 0.1) is 9.79 Å². The lowest BCUT2D eigenvalue weighted by Crippen LogP contribution is -2.20. The fourth-order valence-corrected chi connectivity index (χ4v) is 4.61. The van der Waals surface area contributed by atoms with Crippen LogP contribution in [-0.4, -0.2) is 14.2 Å². The number of rotatable bonds is 0. The van der Waals surface area contributed by atoms with Gasteiger partial charge < -0.3 is 0 Å². The molecule has 3 rings (SSSR count). The maximum absolute atomic E-state index is 12.5. The lowest BCUT2D eigenvalue weighted by Gasteiger charge is -2.19. The molecule has 0 aliphatic carbocycles. The van der Waals surface area contributed by atoms with Crippen LogP contribution in [0.3, 0.4) is 0 Å². The van der Waals surface area contributed by atoms with Crippen LogP contribution in [0, 0.1) is 0 Å². The van der Waals surface area contributed by atoms with Gasteiger partial charge >= 0.3 is 0 Å². The highest BCUT2D eigenvalue weighted by Crippen LogP contribution is 2.36. The zero-order valence-electron chi connectivity index (χ0n) is 9.35. The van der Waals surface area contributed by atoms with E-state index in [2.05, 4.69) is 31.9 Å². The summed E-state index contributed by atoms with van der Waals surface area (Å²) in [5.74, 6) is -0.270. The summed E-state index contributed by atoms with van der Waals surface area (Å²) in [7, 11) is -3.65. The third kappa shape index (κ3) is 2.16. The second-order valence-corrected chi connectivity index (χ2v) is 7.83. The maximum Gasteiger partial charge on any atom is 0.208 e. The first kappa shape index (κ1) is 15.4. The van der Waals surface area contributed by atoms with Crippen LogP contribution in [0.1, 0.15) is 23.3 Å². The van der Waals surface area contributed by atoms with Gasteiger partial charge in [0, 0.05) is 20.1 Å². The molecule has 1 aliphatic rings. The molecule has 1 heterocycles. The van der Waals surface area contributed by atoms with Crippen LogP contribution in [0.5, 0.6) is 0 Å². The van der Waals surface area contributed by atoms with Crippen molar-refractivity contribution in [1.29, 1.82) is 0 Å². The minimum atomic E-state index is -3.65. The van der Waals surface area contributed by atoms with Crippen molar-refractivity contribution in [2.24, 2.45) is 0 Å². The van der Waals surface area contributed by atoms with E-state index in [1.165, 1.54) is 18.2 Å². The van der Waals surface area contributed by atoms with Crippen molar-refractivity contribution in [1.82, 2.24) is 0 Å². The predicted octanol–water partition coefficient (Wildman–Crippen LogP) is 4.22. The van der Waals surface area contributed by atoms with Gasteiger partial charge in [-0.3, -0.25) is 4.79 Å². The lowest BCUT2D eigenvalue weighted by atomic mass is 10.0. The van der Waals surface area contributed by atoms with Crippen molar-refractivity contribution in [2.75, 3.05) is 0 Å². The average Bonchev–Trinajstić information content (AvgIpc) is 2.36. The summed E-state index contributed by atoms with van der Waals surface area (Å²) >= 11 is 6.48. The normalized spacial score (nSPS) is 15.0. The number of fused-ring (bicyclic) bond motifs is 2. The molecule has 2 aromatic rings. The Bertz CT molecular complexity index is 826. The van der Waals surface area contributed by atoms with Crippen LogP contribution in [-0.2, 0) is 9.84 Å². The summed E-state index contributed by atoms with van der Waals surface area (Å²) in [5, 5.41) is 0. The Morgan fingerprint density at radius 1 is 0.800 bits per heavy atom. The van der Waals surface area contributed by atoms with Gasteiger partial charge in [-0.2, -0.15) is 0 Å². The molecular weight excluding hydrogens is 408 g/mol. The molecule has 0 saturated heterocycles. The van der Waals surface area contributed by atoms with Crippen LogP contribution in [0.15, 0.2) is 55.1 Å². The molecule has 0 atom stereocenters. The highest BCUT2D eigenvalue weighted by atomic mass is 79.9. The van der Waals surface area contributed by atoms with Gasteiger partial charge in [0.15, 0.2) is 5.78 Å². The molecule has 0 aromatic heterocycles. The first-order valence-corrected chi connectivity index (χ1v) is 8.37. The highest BCUT2D eigenvalue weighted by molar-refractivity contribution is 9.10. The highest BCUT2D eigenvalue weighted by Gasteiger charge is 2.34. The molecule has 3 nitrogen and oxygen atoms in total. The Balaban J connectivity index is 0.00000147. The van der Waals surface area contributed by atoms with E-state index in [4.69, 9.17) is 0 Å². The maximum atomic E-state index is 12.5. The second-order valence-electron chi connectivity index (χ2n) is 4.11. The summed E-state index contributed by atoms with van der Waals surface area (Å²) in [6.45, 7) is 0. The van der Waals surface area contributed by atoms with Crippen LogP contribution < -0.4 is 0 Å². The van der Waals surface area contributed by atoms with Crippen molar-refractivity contribution < 1.29 is 13.2 Å². The summed E-state index contributed by atoms with van der Waals surface area (Å²) < 4.78 is 26.3.